The molecular weight excluding hydrogens is 255 g/mol. The molecule has 1 aromatic heterocycles. The molecule has 0 amide bonds. The summed E-state index contributed by atoms with van der Waals surface area (Å²) in [6.07, 6.45) is 0.0507. The topological polar surface area (TPSA) is 27.1 Å². The number of aromatic nitrogens is 2. The Hall–Kier alpha value is -1.13. The Morgan fingerprint density at radius 2 is 2.22 bits per heavy atom. The van der Waals surface area contributed by atoms with Crippen LogP contribution in [0.2, 0.25) is 0 Å². The summed E-state index contributed by atoms with van der Waals surface area (Å²) in [5.41, 5.74) is 2.14. The number of hydrogen-bond acceptors (Lipinski definition) is 2. The lowest BCUT2D eigenvalue weighted by atomic mass is 10.2. The molecule has 0 fully saturated rings. The third kappa shape index (κ3) is 2.35. The number of alkyl halides is 1. The van der Waals surface area contributed by atoms with Crippen LogP contribution < -0.4 is 0 Å². The van der Waals surface area contributed by atoms with Gasteiger partial charge in [-0.15, -0.1) is 11.6 Å². The van der Waals surface area contributed by atoms with Crippen LogP contribution in [0.3, 0.4) is 0 Å². The van der Waals surface area contributed by atoms with E-state index in [1.165, 1.54) is 6.07 Å². The van der Waals surface area contributed by atoms with Gasteiger partial charge in [-0.3, -0.25) is 0 Å². The number of rotatable bonds is 4. The summed E-state index contributed by atoms with van der Waals surface area (Å²) in [5, 5.41) is 0. The maximum absolute atomic E-state index is 13.5. The molecule has 0 aliphatic carbocycles. The highest BCUT2D eigenvalue weighted by molar-refractivity contribution is 6.16. The van der Waals surface area contributed by atoms with Gasteiger partial charge < -0.3 is 9.30 Å². The van der Waals surface area contributed by atoms with Crippen LogP contribution in [-0.2, 0) is 17.2 Å². The molecular formula is C13H16ClFN2O. The molecule has 0 N–H and O–H groups in total. The molecule has 0 aliphatic heterocycles. The smallest absolute Gasteiger partial charge is 0.128 e. The summed E-state index contributed by atoms with van der Waals surface area (Å²) in [5.74, 6) is 0.792. The number of aryl methyl sites for hydroxylation is 1. The monoisotopic (exact) mass is 270 g/mol. The van der Waals surface area contributed by atoms with Crippen molar-refractivity contribution in [3.8, 4) is 0 Å². The minimum atomic E-state index is -0.243. The van der Waals surface area contributed by atoms with Crippen molar-refractivity contribution in [2.75, 3.05) is 7.11 Å². The first kappa shape index (κ1) is 13.3. The van der Waals surface area contributed by atoms with Crippen LogP contribution in [0, 0.1) is 12.7 Å². The van der Waals surface area contributed by atoms with E-state index in [0.717, 1.165) is 11.3 Å². The summed E-state index contributed by atoms with van der Waals surface area (Å²) < 4.78 is 20.8. The molecule has 0 spiro atoms. The molecule has 0 saturated carbocycles. The van der Waals surface area contributed by atoms with E-state index in [4.69, 9.17) is 16.3 Å². The van der Waals surface area contributed by atoms with Crippen molar-refractivity contribution in [1.29, 1.82) is 0 Å². The highest BCUT2D eigenvalue weighted by Crippen LogP contribution is 2.22. The van der Waals surface area contributed by atoms with Gasteiger partial charge in [0.2, 0.25) is 0 Å². The fourth-order valence-electron chi connectivity index (χ4n) is 1.94. The second-order valence-corrected chi connectivity index (χ2v) is 4.68. The molecule has 0 radical (unpaired) electrons. The minimum absolute atomic E-state index is 0.0507. The predicted molar refractivity (Wildman–Crippen MR) is 70.5 cm³/mol. The Morgan fingerprint density at radius 1 is 1.50 bits per heavy atom. The predicted octanol–water partition coefficient (Wildman–Crippen LogP) is 3.26. The molecule has 3 nitrogen and oxygen atoms in total. The van der Waals surface area contributed by atoms with Crippen molar-refractivity contribution in [1.82, 2.24) is 9.55 Å². The van der Waals surface area contributed by atoms with E-state index in [1.807, 2.05) is 11.5 Å². The third-order valence-corrected chi connectivity index (χ3v) is 3.31. The normalized spacial score (nSPS) is 13.2. The first-order chi connectivity index (χ1) is 8.56. The Labute approximate surface area is 111 Å². The van der Waals surface area contributed by atoms with E-state index in [9.17, 15) is 4.39 Å². The van der Waals surface area contributed by atoms with Gasteiger partial charge in [-0.2, -0.15) is 0 Å². The van der Waals surface area contributed by atoms with E-state index in [1.54, 1.807) is 20.1 Å². The highest BCUT2D eigenvalue weighted by atomic mass is 35.5. The molecule has 0 aliphatic rings. The summed E-state index contributed by atoms with van der Waals surface area (Å²) in [7, 11) is 1.66. The van der Waals surface area contributed by atoms with Crippen molar-refractivity contribution in [2.45, 2.75) is 32.4 Å². The van der Waals surface area contributed by atoms with E-state index in [0.29, 0.717) is 23.5 Å². The Kier molecular flexibility index (Phi) is 3.88. The second kappa shape index (κ2) is 5.24. The van der Waals surface area contributed by atoms with Crippen LogP contribution in [0.5, 0.6) is 0 Å². The zero-order valence-corrected chi connectivity index (χ0v) is 11.5. The lowest BCUT2D eigenvalue weighted by Crippen LogP contribution is -2.16. The largest absolute Gasteiger partial charge is 0.380 e. The molecule has 1 unspecified atom stereocenters. The van der Waals surface area contributed by atoms with Gasteiger partial charge >= 0.3 is 0 Å². The molecule has 1 heterocycles. The van der Waals surface area contributed by atoms with Gasteiger partial charge in [0.05, 0.1) is 29.6 Å². The van der Waals surface area contributed by atoms with Crippen LogP contribution in [0.4, 0.5) is 4.39 Å². The van der Waals surface area contributed by atoms with Crippen molar-refractivity contribution in [3.63, 3.8) is 0 Å². The van der Waals surface area contributed by atoms with Gasteiger partial charge in [0, 0.05) is 13.2 Å². The molecule has 2 rings (SSSR count). The van der Waals surface area contributed by atoms with Gasteiger partial charge in [0.1, 0.15) is 11.6 Å². The molecule has 0 saturated heterocycles. The zero-order valence-electron chi connectivity index (χ0n) is 10.7. The van der Waals surface area contributed by atoms with Gasteiger partial charge in [-0.05, 0) is 25.5 Å². The Morgan fingerprint density at radius 3 is 2.83 bits per heavy atom. The number of halogens is 2. The van der Waals surface area contributed by atoms with Gasteiger partial charge in [-0.25, -0.2) is 9.37 Å². The summed E-state index contributed by atoms with van der Waals surface area (Å²) >= 11 is 5.89. The first-order valence-electron chi connectivity index (χ1n) is 5.80. The van der Waals surface area contributed by atoms with Crippen LogP contribution in [-0.4, -0.2) is 22.8 Å². The van der Waals surface area contributed by atoms with Crippen molar-refractivity contribution in [2.24, 2.45) is 0 Å². The number of ether oxygens (including phenoxy) is 1. The van der Waals surface area contributed by atoms with Gasteiger partial charge in [-0.1, -0.05) is 0 Å². The van der Waals surface area contributed by atoms with E-state index >= 15 is 0 Å². The summed E-state index contributed by atoms with van der Waals surface area (Å²) in [6, 6.07) is 3.25. The maximum Gasteiger partial charge on any atom is 0.128 e. The molecule has 2 aromatic rings. The first-order valence-corrected chi connectivity index (χ1v) is 6.34. The Balaban J connectivity index is 2.57. The number of methoxy groups -OCH3 is 1. The number of hydrogen-bond donors (Lipinski definition) is 0. The summed E-state index contributed by atoms with van der Waals surface area (Å²) in [6.45, 7) is 4.37. The zero-order chi connectivity index (χ0) is 13.3. The number of fused-ring (bicyclic) bond motifs is 1. The van der Waals surface area contributed by atoms with Gasteiger partial charge in [0.25, 0.3) is 0 Å². The molecule has 5 heteroatoms. The van der Waals surface area contributed by atoms with Crippen molar-refractivity contribution in [3.05, 3.63) is 29.3 Å². The van der Waals surface area contributed by atoms with Crippen molar-refractivity contribution < 1.29 is 9.13 Å². The molecule has 1 atom stereocenters. The average molecular weight is 271 g/mol. The highest BCUT2D eigenvalue weighted by Gasteiger charge is 2.14. The minimum Gasteiger partial charge on any atom is -0.380 e. The van der Waals surface area contributed by atoms with E-state index in [-0.39, 0.29) is 11.9 Å². The van der Waals surface area contributed by atoms with Gasteiger partial charge in [0.15, 0.2) is 0 Å². The number of imidazole rings is 1. The third-order valence-electron chi connectivity index (χ3n) is 3.07. The lowest BCUT2D eigenvalue weighted by molar-refractivity contribution is 0.103. The quantitative estimate of drug-likeness (QED) is 0.798. The van der Waals surface area contributed by atoms with Crippen LogP contribution in [0.15, 0.2) is 12.1 Å². The van der Waals surface area contributed by atoms with E-state index in [2.05, 4.69) is 4.98 Å². The molecule has 98 valence electrons. The average Bonchev–Trinajstić information content (AvgIpc) is 2.67. The fourth-order valence-corrected chi connectivity index (χ4v) is 2.14. The number of benzene rings is 1. The van der Waals surface area contributed by atoms with Crippen molar-refractivity contribution >= 4 is 22.6 Å². The second-order valence-electron chi connectivity index (χ2n) is 4.41. The summed E-state index contributed by atoms with van der Waals surface area (Å²) in [4.78, 5) is 4.36. The van der Waals surface area contributed by atoms with Crippen LogP contribution >= 0.6 is 11.6 Å². The van der Waals surface area contributed by atoms with Crippen LogP contribution in [0.1, 0.15) is 18.3 Å². The molecule has 1 aromatic carbocycles. The fraction of sp³-hybridized carbons (Fsp3) is 0.462. The molecule has 18 heavy (non-hydrogen) atoms. The molecule has 0 bridgehead atoms. The van der Waals surface area contributed by atoms with Crippen LogP contribution in [0.25, 0.3) is 11.0 Å². The SMILES string of the molecule is COC(C)Cn1c(CCl)nc2cc(F)c(C)cc21. The Bertz CT molecular complexity index is 568. The van der Waals surface area contributed by atoms with E-state index < -0.39 is 0 Å². The standard InChI is InChI=1S/C13H16ClFN2O/c1-8-4-12-11(5-10(8)15)16-13(6-14)17(12)7-9(2)18-3/h4-5,9H,6-7H2,1-3H3. The number of nitrogens with zero attached hydrogens (tertiary/aromatic N) is 2. The lowest BCUT2D eigenvalue weighted by Gasteiger charge is -2.13. The maximum atomic E-state index is 13.5.